The van der Waals surface area contributed by atoms with Gasteiger partial charge < -0.3 is 4.74 Å². The Hall–Kier alpha value is -1.03. The Bertz CT molecular complexity index is 367. The van der Waals surface area contributed by atoms with Crippen molar-refractivity contribution in [3.63, 3.8) is 0 Å². The zero-order valence-electron chi connectivity index (χ0n) is 7.74. The summed E-state index contributed by atoms with van der Waals surface area (Å²) in [6, 6.07) is 7.74. The molecule has 1 aliphatic heterocycles. The summed E-state index contributed by atoms with van der Waals surface area (Å²) >= 11 is 3.37. The van der Waals surface area contributed by atoms with Crippen LogP contribution < -0.4 is 4.90 Å². The molecule has 0 N–H and O–H groups in total. The number of cyclic esters (lactones) is 1. The van der Waals surface area contributed by atoms with E-state index in [1.54, 1.807) is 4.90 Å². The Labute approximate surface area is 90.8 Å². The second-order valence-corrected chi connectivity index (χ2v) is 4.19. The first-order valence-electron chi connectivity index (χ1n) is 4.40. The first-order chi connectivity index (χ1) is 6.68. The lowest BCUT2D eigenvalue weighted by atomic mass is 10.2. The standard InChI is InChI=1S/C10H10BrNO2/c1-7-6-14-10(13)12(7)9-4-2-3-8(11)5-9/h2-5,7H,6H2,1H3. The number of amides is 1. The van der Waals surface area contributed by atoms with E-state index in [0.29, 0.717) is 6.61 Å². The van der Waals surface area contributed by atoms with Crippen molar-refractivity contribution in [1.82, 2.24) is 0 Å². The maximum absolute atomic E-state index is 11.4. The predicted molar refractivity (Wildman–Crippen MR) is 57.4 cm³/mol. The molecule has 2 rings (SSSR count). The Morgan fingerprint density at radius 2 is 2.36 bits per heavy atom. The van der Waals surface area contributed by atoms with Crippen LogP contribution in [0.4, 0.5) is 10.5 Å². The van der Waals surface area contributed by atoms with Gasteiger partial charge in [-0.25, -0.2) is 4.79 Å². The fourth-order valence-electron chi connectivity index (χ4n) is 1.50. The van der Waals surface area contributed by atoms with Crippen molar-refractivity contribution in [2.24, 2.45) is 0 Å². The summed E-state index contributed by atoms with van der Waals surface area (Å²) in [5.41, 5.74) is 0.870. The van der Waals surface area contributed by atoms with Crippen LogP contribution in [-0.2, 0) is 4.74 Å². The van der Waals surface area contributed by atoms with Crippen LogP contribution >= 0.6 is 15.9 Å². The molecular formula is C10H10BrNO2. The minimum Gasteiger partial charge on any atom is -0.447 e. The molecule has 1 saturated heterocycles. The van der Waals surface area contributed by atoms with Crippen molar-refractivity contribution in [3.05, 3.63) is 28.7 Å². The summed E-state index contributed by atoms with van der Waals surface area (Å²) in [4.78, 5) is 13.0. The van der Waals surface area contributed by atoms with E-state index >= 15 is 0 Å². The summed E-state index contributed by atoms with van der Waals surface area (Å²) in [5, 5.41) is 0. The Balaban J connectivity index is 2.34. The molecule has 0 spiro atoms. The predicted octanol–water partition coefficient (Wildman–Crippen LogP) is 2.79. The van der Waals surface area contributed by atoms with Crippen LogP contribution in [0.1, 0.15) is 6.92 Å². The molecule has 1 aliphatic rings. The van der Waals surface area contributed by atoms with Gasteiger partial charge in [0.15, 0.2) is 0 Å². The minimum atomic E-state index is -0.268. The second-order valence-electron chi connectivity index (χ2n) is 3.28. The molecule has 1 amide bonds. The topological polar surface area (TPSA) is 29.5 Å². The van der Waals surface area contributed by atoms with Crippen LogP contribution in [0.2, 0.25) is 0 Å². The van der Waals surface area contributed by atoms with Gasteiger partial charge in [0.1, 0.15) is 6.61 Å². The summed E-state index contributed by atoms with van der Waals surface area (Å²) in [6.07, 6.45) is -0.268. The third-order valence-electron chi connectivity index (χ3n) is 2.17. The number of hydrogen-bond acceptors (Lipinski definition) is 2. The molecule has 0 saturated carbocycles. The first-order valence-corrected chi connectivity index (χ1v) is 5.19. The van der Waals surface area contributed by atoms with Gasteiger partial charge in [0.2, 0.25) is 0 Å². The number of hydrogen-bond donors (Lipinski definition) is 0. The summed E-state index contributed by atoms with van der Waals surface area (Å²) in [6.45, 7) is 2.43. The van der Waals surface area contributed by atoms with E-state index in [0.717, 1.165) is 10.2 Å². The van der Waals surface area contributed by atoms with Gasteiger partial charge in [-0.2, -0.15) is 0 Å². The zero-order chi connectivity index (χ0) is 10.1. The van der Waals surface area contributed by atoms with Crippen LogP contribution in [-0.4, -0.2) is 18.7 Å². The van der Waals surface area contributed by atoms with Gasteiger partial charge in [-0.15, -0.1) is 0 Å². The number of carbonyl (C=O) groups is 1. The fraction of sp³-hybridized carbons (Fsp3) is 0.300. The highest BCUT2D eigenvalue weighted by molar-refractivity contribution is 9.10. The molecular weight excluding hydrogens is 246 g/mol. The number of nitrogens with zero attached hydrogens (tertiary/aromatic N) is 1. The molecule has 74 valence electrons. The van der Waals surface area contributed by atoms with E-state index in [2.05, 4.69) is 15.9 Å². The molecule has 1 unspecified atom stereocenters. The third kappa shape index (κ3) is 1.62. The molecule has 3 nitrogen and oxygen atoms in total. The average Bonchev–Trinajstić information content (AvgIpc) is 2.46. The Morgan fingerprint density at radius 1 is 1.57 bits per heavy atom. The van der Waals surface area contributed by atoms with Gasteiger partial charge in [0.05, 0.1) is 6.04 Å². The number of benzene rings is 1. The van der Waals surface area contributed by atoms with E-state index in [1.807, 2.05) is 31.2 Å². The van der Waals surface area contributed by atoms with E-state index in [-0.39, 0.29) is 12.1 Å². The van der Waals surface area contributed by atoms with Crippen molar-refractivity contribution in [1.29, 1.82) is 0 Å². The van der Waals surface area contributed by atoms with Gasteiger partial charge >= 0.3 is 6.09 Å². The van der Waals surface area contributed by atoms with E-state index in [1.165, 1.54) is 0 Å². The molecule has 0 aliphatic carbocycles. The van der Waals surface area contributed by atoms with Crippen molar-refractivity contribution in [2.75, 3.05) is 11.5 Å². The van der Waals surface area contributed by atoms with Gasteiger partial charge in [0, 0.05) is 10.2 Å². The lowest BCUT2D eigenvalue weighted by Gasteiger charge is -2.17. The Kier molecular flexibility index (Phi) is 2.46. The lowest BCUT2D eigenvalue weighted by Crippen LogP contribution is -2.30. The average molecular weight is 256 g/mol. The SMILES string of the molecule is CC1COC(=O)N1c1cccc(Br)c1. The molecule has 1 heterocycles. The number of anilines is 1. The first kappa shape index (κ1) is 9.52. The summed E-state index contributed by atoms with van der Waals surface area (Å²) in [7, 11) is 0. The van der Waals surface area contributed by atoms with Crippen LogP contribution in [0.3, 0.4) is 0 Å². The number of rotatable bonds is 1. The van der Waals surface area contributed by atoms with Gasteiger partial charge in [-0.05, 0) is 25.1 Å². The molecule has 1 aromatic carbocycles. The van der Waals surface area contributed by atoms with Crippen LogP contribution in [0.5, 0.6) is 0 Å². The van der Waals surface area contributed by atoms with Crippen LogP contribution in [0.15, 0.2) is 28.7 Å². The van der Waals surface area contributed by atoms with E-state index in [4.69, 9.17) is 4.74 Å². The third-order valence-corrected chi connectivity index (χ3v) is 2.67. The Morgan fingerprint density at radius 3 is 2.93 bits per heavy atom. The van der Waals surface area contributed by atoms with Crippen molar-refractivity contribution < 1.29 is 9.53 Å². The normalized spacial score (nSPS) is 21.1. The highest BCUT2D eigenvalue weighted by Gasteiger charge is 2.30. The minimum absolute atomic E-state index is 0.108. The fourth-order valence-corrected chi connectivity index (χ4v) is 1.89. The molecule has 0 radical (unpaired) electrons. The molecule has 1 fully saturated rings. The zero-order valence-corrected chi connectivity index (χ0v) is 9.32. The molecule has 14 heavy (non-hydrogen) atoms. The number of ether oxygens (including phenoxy) is 1. The smallest absolute Gasteiger partial charge is 0.414 e. The van der Waals surface area contributed by atoms with Crippen molar-refractivity contribution in [2.45, 2.75) is 13.0 Å². The highest BCUT2D eigenvalue weighted by Crippen LogP contribution is 2.25. The largest absolute Gasteiger partial charge is 0.447 e. The maximum atomic E-state index is 11.4. The van der Waals surface area contributed by atoms with E-state index < -0.39 is 0 Å². The molecule has 1 atom stereocenters. The van der Waals surface area contributed by atoms with E-state index in [9.17, 15) is 4.79 Å². The summed E-state index contributed by atoms with van der Waals surface area (Å²) < 4.78 is 5.90. The van der Waals surface area contributed by atoms with Crippen LogP contribution in [0.25, 0.3) is 0 Å². The molecule has 0 aromatic heterocycles. The second kappa shape index (κ2) is 3.61. The molecule has 4 heteroatoms. The quantitative estimate of drug-likeness (QED) is 0.773. The van der Waals surface area contributed by atoms with Crippen molar-refractivity contribution in [3.8, 4) is 0 Å². The molecule has 1 aromatic rings. The number of halogens is 1. The summed E-state index contributed by atoms with van der Waals surface area (Å²) in [5.74, 6) is 0. The van der Waals surface area contributed by atoms with Crippen LogP contribution in [0, 0.1) is 0 Å². The maximum Gasteiger partial charge on any atom is 0.414 e. The molecule has 0 bridgehead atoms. The highest BCUT2D eigenvalue weighted by atomic mass is 79.9. The van der Waals surface area contributed by atoms with Gasteiger partial charge in [-0.3, -0.25) is 4.90 Å². The van der Waals surface area contributed by atoms with Gasteiger partial charge in [-0.1, -0.05) is 22.0 Å². The lowest BCUT2D eigenvalue weighted by molar-refractivity contribution is 0.179. The van der Waals surface area contributed by atoms with Crippen molar-refractivity contribution >= 4 is 27.7 Å². The number of carbonyl (C=O) groups excluding carboxylic acids is 1. The monoisotopic (exact) mass is 255 g/mol. The van der Waals surface area contributed by atoms with Gasteiger partial charge in [0.25, 0.3) is 0 Å².